The van der Waals surface area contributed by atoms with Gasteiger partial charge in [0.05, 0.1) is 16.2 Å². The van der Waals surface area contributed by atoms with Crippen LogP contribution in [0.1, 0.15) is 25.7 Å². The molecule has 136 valence electrons. The number of hydrogen-bond donors (Lipinski definition) is 1. The topological polar surface area (TPSA) is 101 Å². The molecule has 2 N–H and O–H groups in total. The molecule has 5 nitrogen and oxygen atoms in total. The van der Waals surface area contributed by atoms with E-state index in [1.54, 1.807) is 0 Å². The zero-order valence-corrected chi connectivity index (χ0v) is 14.6. The quantitative estimate of drug-likeness (QED) is 0.778. The Morgan fingerprint density at radius 2 is 1.96 bits per heavy atom. The van der Waals surface area contributed by atoms with Gasteiger partial charge in [-0.3, -0.25) is 4.79 Å². The molecule has 0 unspecified atom stereocenters. The van der Waals surface area contributed by atoms with Crippen LogP contribution in [0, 0.1) is 11.3 Å². The van der Waals surface area contributed by atoms with Crippen molar-refractivity contribution < 1.29 is 26.4 Å². The number of nitrogens with zero attached hydrogens (tertiary/aromatic N) is 1. The number of thiophene rings is 1. The number of amides is 1. The second-order valence-corrected chi connectivity index (χ2v) is 8.22. The zero-order valence-electron chi connectivity index (χ0n) is 12.9. The number of nitrogens with two attached hydrogens (primary N) is 1. The van der Waals surface area contributed by atoms with E-state index in [2.05, 4.69) is 0 Å². The highest BCUT2D eigenvalue weighted by Crippen LogP contribution is 2.30. The fourth-order valence-electron chi connectivity index (χ4n) is 2.02. The third-order valence-corrected chi connectivity index (χ3v) is 5.84. The van der Waals surface area contributed by atoms with E-state index in [-0.39, 0.29) is 10.4 Å². The lowest BCUT2D eigenvalue weighted by Gasteiger charge is -2.09. The predicted octanol–water partition coefficient (Wildman–Crippen LogP) is 3.35. The summed E-state index contributed by atoms with van der Waals surface area (Å²) in [6.07, 6.45) is -3.55. The number of hydrogen-bond acceptors (Lipinski definition) is 5. The van der Waals surface area contributed by atoms with Crippen LogP contribution in [-0.4, -0.2) is 14.3 Å². The van der Waals surface area contributed by atoms with Gasteiger partial charge in [0.2, 0.25) is 0 Å². The fraction of sp³-hybridized carbons (Fsp3) is 0.125. The molecule has 2 rings (SSSR count). The van der Waals surface area contributed by atoms with Crippen LogP contribution in [0.15, 0.2) is 41.3 Å². The summed E-state index contributed by atoms with van der Waals surface area (Å²) >= 11 is 0.898. The molecule has 0 spiro atoms. The van der Waals surface area contributed by atoms with Gasteiger partial charge in [-0.05, 0) is 29.8 Å². The Morgan fingerprint density at radius 1 is 1.27 bits per heavy atom. The van der Waals surface area contributed by atoms with Crippen LogP contribution in [0.5, 0.6) is 0 Å². The monoisotopic (exact) mass is 400 g/mol. The molecule has 0 saturated heterocycles. The molecule has 0 aliphatic rings. The second kappa shape index (κ2) is 7.31. The molecule has 0 saturated carbocycles. The van der Waals surface area contributed by atoms with E-state index >= 15 is 0 Å². The average Bonchev–Trinajstić information content (AvgIpc) is 3.00. The summed E-state index contributed by atoms with van der Waals surface area (Å²) in [5, 5.41) is 9.14. The van der Waals surface area contributed by atoms with Gasteiger partial charge in [-0.1, -0.05) is 18.2 Å². The number of nitriles is 1. The number of benzene rings is 1. The molecule has 26 heavy (non-hydrogen) atoms. The van der Waals surface area contributed by atoms with Gasteiger partial charge >= 0.3 is 6.18 Å². The Bertz CT molecular complexity index is 1020. The Balaban J connectivity index is 2.34. The predicted molar refractivity (Wildman–Crippen MR) is 90.5 cm³/mol. The molecule has 0 aliphatic heterocycles. The van der Waals surface area contributed by atoms with Crippen molar-refractivity contribution >= 4 is 33.2 Å². The van der Waals surface area contributed by atoms with E-state index in [0.29, 0.717) is 4.88 Å². The fourth-order valence-corrected chi connectivity index (χ4v) is 4.12. The van der Waals surface area contributed by atoms with E-state index in [9.17, 15) is 26.4 Å². The highest BCUT2D eigenvalue weighted by Gasteiger charge is 2.31. The largest absolute Gasteiger partial charge is 0.416 e. The number of allylic oxidation sites excluding steroid dienone is 1. The Hall–Kier alpha value is -2.64. The van der Waals surface area contributed by atoms with E-state index < -0.39 is 38.1 Å². The summed E-state index contributed by atoms with van der Waals surface area (Å²) in [7, 11) is -4.17. The van der Waals surface area contributed by atoms with E-state index in [1.165, 1.54) is 24.3 Å². The molecule has 1 aromatic carbocycles. The van der Waals surface area contributed by atoms with Crippen molar-refractivity contribution in [2.24, 2.45) is 5.73 Å². The maximum Gasteiger partial charge on any atom is 0.416 e. The third-order valence-electron chi connectivity index (χ3n) is 3.20. The standard InChI is InChI=1S/C16H11F3N2O3S2/c17-16(18,19)11-3-1-2-10(6-11)9-26(23,24)13(8-20)7-12-4-5-14(25-12)15(21)22/h1-7H,9H2,(H2,21,22). The summed E-state index contributed by atoms with van der Waals surface area (Å²) in [4.78, 5) is 10.9. The smallest absolute Gasteiger partial charge is 0.365 e. The van der Waals surface area contributed by atoms with Crippen molar-refractivity contribution in [3.63, 3.8) is 0 Å². The van der Waals surface area contributed by atoms with Crippen molar-refractivity contribution in [1.29, 1.82) is 5.26 Å². The number of sulfone groups is 1. The molecule has 1 heterocycles. The SMILES string of the molecule is N#CC(=Cc1ccc(C(N)=O)s1)S(=O)(=O)Cc1cccc(C(F)(F)F)c1. The number of rotatable bonds is 5. The number of halogens is 3. The summed E-state index contributed by atoms with van der Waals surface area (Å²) in [6.45, 7) is 0. The van der Waals surface area contributed by atoms with Crippen molar-refractivity contribution in [2.75, 3.05) is 0 Å². The minimum absolute atomic E-state index is 0.0926. The first-order valence-electron chi connectivity index (χ1n) is 6.93. The third kappa shape index (κ3) is 4.71. The summed E-state index contributed by atoms with van der Waals surface area (Å²) < 4.78 is 62.9. The van der Waals surface area contributed by atoms with Gasteiger partial charge in [0.15, 0.2) is 9.84 Å². The molecular weight excluding hydrogens is 389 g/mol. The summed E-state index contributed by atoms with van der Waals surface area (Å²) in [6, 6.07) is 8.22. The number of alkyl halides is 3. The van der Waals surface area contributed by atoms with Crippen molar-refractivity contribution in [3.8, 4) is 6.07 Å². The van der Waals surface area contributed by atoms with E-state index in [0.717, 1.165) is 35.6 Å². The molecule has 10 heteroatoms. The van der Waals surface area contributed by atoms with Crippen LogP contribution in [-0.2, 0) is 21.8 Å². The maximum absolute atomic E-state index is 12.7. The van der Waals surface area contributed by atoms with Crippen LogP contribution in [0.3, 0.4) is 0 Å². The van der Waals surface area contributed by atoms with Gasteiger partial charge in [-0.15, -0.1) is 11.3 Å². The molecular formula is C16H11F3N2O3S2. The van der Waals surface area contributed by atoms with Crippen LogP contribution in [0.2, 0.25) is 0 Å². The zero-order chi connectivity index (χ0) is 19.5. The first-order valence-corrected chi connectivity index (χ1v) is 9.40. The lowest BCUT2D eigenvalue weighted by Crippen LogP contribution is -2.09. The summed E-state index contributed by atoms with van der Waals surface area (Å²) in [5.41, 5.74) is 4.04. The van der Waals surface area contributed by atoms with Gasteiger partial charge in [0.25, 0.3) is 5.91 Å². The van der Waals surface area contributed by atoms with Crippen molar-refractivity contribution in [3.05, 3.63) is 62.2 Å². The van der Waals surface area contributed by atoms with Gasteiger partial charge in [0.1, 0.15) is 11.0 Å². The Kier molecular flexibility index (Phi) is 5.53. The lowest BCUT2D eigenvalue weighted by atomic mass is 10.1. The molecule has 2 aromatic rings. The molecule has 0 aliphatic carbocycles. The first-order chi connectivity index (χ1) is 12.0. The van der Waals surface area contributed by atoms with E-state index in [1.807, 2.05) is 0 Å². The van der Waals surface area contributed by atoms with Crippen LogP contribution in [0.25, 0.3) is 6.08 Å². The second-order valence-electron chi connectivity index (χ2n) is 5.14. The minimum atomic E-state index is -4.60. The van der Waals surface area contributed by atoms with Crippen molar-refractivity contribution in [2.45, 2.75) is 11.9 Å². The van der Waals surface area contributed by atoms with Gasteiger partial charge in [0, 0.05) is 4.88 Å². The molecule has 0 atom stereocenters. The van der Waals surface area contributed by atoms with Crippen LogP contribution in [0.4, 0.5) is 13.2 Å². The minimum Gasteiger partial charge on any atom is -0.365 e. The lowest BCUT2D eigenvalue weighted by molar-refractivity contribution is -0.137. The highest BCUT2D eigenvalue weighted by atomic mass is 32.2. The average molecular weight is 400 g/mol. The Morgan fingerprint density at radius 3 is 2.50 bits per heavy atom. The maximum atomic E-state index is 12.7. The highest BCUT2D eigenvalue weighted by molar-refractivity contribution is 7.95. The van der Waals surface area contributed by atoms with E-state index in [4.69, 9.17) is 11.0 Å². The van der Waals surface area contributed by atoms with Gasteiger partial charge < -0.3 is 5.73 Å². The number of carbonyl (C=O) groups excluding carboxylic acids is 1. The normalized spacial score (nSPS) is 12.6. The van der Waals surface area contributed by atoms with Crippen molar-refractivity contribution in [1.82, 2.24) is 0 Å². The molecule has 1 aromatic heterocycles. The molecule has 0 bridgehead atoms. The number of carbonyl (C=O) groups is 1. The first kappa shape index (κ1) is 19.7. The van der Waals surface area contributed by atoms with Crippen LogP contribution < -0.4 is 5.73 Å². The van der Waals surface area contributed by atoms with Crippen LogP contribution >= 0.6 is 11.3 Å². The van der Waals surface area contributed by atoms with Gasteiger partial charge in [-0.25, -0.2) is 8.42 Å². The molecule has 0 fully saturated rings. The Labute approximate surface area is 151 Å². The summed E-state index contributed by atoms with van der Waals surface area (Å²) in [5.74, 6) is -1.45. The molecule has 1 amide bonds. The number of primary amides is 1. The van der Waals surface area contributed by atoms with Gasteiger partial charge in [-0.2, -0.15) is 18.4 Å². The molecule has 0 radical (unpaired) electrons.